The molecule has 0 bridgehead atoms. The molecule has 0 saturated carbocycles. The van der Waals surface area contributed by atoms with E-state index >= 15 is 0 Å². The number of halogens is 2. The molecule has 2 heterocycles. The Morgan fingerprint density at radius 1 is 1.32 bits per heavy atom. The van der Waals surface area contributed by atoms with Crippen molar-refractivity contribution in [1.82, 2.24) is 15.0 Å². The number of anilines is 1. The second kappa shape index (κ2) is 11.0. The maximum atomic E-state index is 11.9. The van der Waals surface area contributed by atoms with Crippen LogP contribution in [0.2, 0.25) is 5.15 Å². The molecular weight excluding hydrogens is 387 g/mol. The molecule has 0 spiro atoms. The van der Waals surface area contributed by atoms with Crippen molar-refractivity contribution in [3.8, 4) is 0 Å². The molecule has 0 aromatic carbocycles. The molecule has 0 radical (unpaired) electrons. The van der Waals surface area contributed by atoms with Crippen LogP contribution in [0.3, 0.4) is 0 Å². The zero-order valence-electron chi connectivity index (χ0n) is 13.8. The number of aromatic nitrogens is 3. The van der Waals surface area contributed by atoms with E-state index < -0.39 is 11.9 Å². The summed E-state index contributed by atoms with van der Waals surface area (Å²) in [6.45, 7) is 3.78. The minimum absolute atomic E-state index is 0.0344. The first-order valence-corrected chi connectivity index (χ1v) is 9.17. The van der Waals surface area contributed by atoms with E-state index in [4.69, 9.17) is 28.3 Å². The van der Waals surface area contributed by atoms with Crippen molar-refractivity contribution in [2.24, 2.45) is 0 Å². The molecule has 0 fully saturated rings. The Kier molecular flexibility index (Phi) is 9.33. The number of carbonyl (C=O) groups is 2. The zero-order chi connectivity index (χ0) is 18.8. The first-order valence-electron chi connectivity index (χ1n) is 7.45. The fourth-order valence-electron chi connectivity index (χ4n) is 1.58. The number of unbranched alkanes of at least 4 members (excludes halogenated alkanes) is 2. The zero-order valence-corrected chi connectivity index (χ0v) is 16.1. The maximum Gasteiger partial charge on any atom is 0.347 e. The number of rotatable bonds is 6. The van der Waals surface area contributed by atoms with Crippen molar-refractivity contribution in [3.63, 3.8) is 0 Å². The van der Waals surface area contributed by atoms with Crippen LogP contribution in [0, 0.1) is 6.92 Å². The standard InChI is InChI=1S/C10H7ClN4O3S.C5H11Cl/c1-4-13-5(2-7(11)14-4)8(16)15-10-12-3-6(19-10)9(17)18;1-2-3-4-5-6/h2-3H,1H3,(H,17,18)(H,12,15,16);2-5H2,1H3. The highest BCUT2D eigenvalue weighted by molar-refractivity contribution is 7.17. The quantitative estimate of drug-likeness (QED) is 0.423. The van der Waals surface area contributed by atoms with Gasteiger partial charge in [0.15, 0.2) is 5.13 Å². The van der Waals surface area contributed by atoms with Crippen molar-refractivity contribution in [2.45, 2.75) is 33.1 Å². The summed E-state index contributed by atoms with van der Waals surface area (Å²) < 4.78 is 0. The third-order valence-electron chi connectivity index (χ3n) is 2.71. The van der Waals surface area contributed by atoms with Crippen molar-refractivity contribution in [1.29, 1.82) is 0 Å². The van der Waals surface area contributed by atoms with Crippen LogP contribution >= 0.6 is 34.5 Å². The minimum atomic E-state index is -1.10. The van der Waals surface area contributed by atoms with E-state index in [2.05, 4.69) is 27.2 Å². The number of alkyl halides is 1. The lowest BCUT2D eigenvalue weighted by Gasteiger charge is -2.02. The number of nitrogens with one attached hydrogen (secondary N) is 1. The van der Waals surface area contributed by atoms with Gasteiger partial charge in [-0.25, -0.2) is 19.7 Å². The van der Waals surface area contributed by atoms with Gasteiger partial charge < -0.3 is 5.11 Å². The lowest BCUT2D eigenvalue weighted by molar-refractivity contribution is 0.0701. The Labute approximate surface area is 159 Å². The predicted octanol–water partition coefficient (Wildman–Crippen LogP) is 4.26. The molecule has 2 aromatic rings. The van der Waals surface area contributed by atoms with Crippen LogP contribution in [0.25, 0.3) is 0 Å². The van der Waals surface area contributed by atoms with Crippen LogP contribution < -0.4 is 5.32 Å². The summed E-state index contributed by atoms with van der Waals surface area (Å²) in [5.74, 6) is -0.436. The van der Waals surface area contributed by atoms with Crippen LogP contribution in [-0.4, -0.2) is 37.8 Å². The summed E-state index contributed by atoms with van der Waals surface area (Å²) in [6, 6.07) is 1.32. The number of hydrogen-bond donors (Lipinski definition) is 2. The SMILES string of the molecule is CCCCCCl.Cc1nc(Cl)cc(C(=O)Nc2ncc(C(=O)O)s2)n1. The molecule has 2 aromatic heterocycles. The average Bonchev–Trinajstić information content (AvgIpc) is 3.01. The van der Waals surface area contributed by atoms with Crippen LogP contribution in [0.4, 0.5) is 5.13 Å². The second-order valence-corrected chi connectivity index (χ2v) is 6.60. The monoisotopic (exact) mass is 404 g/mol. The molecule has 2 rings (SSSR count). The lowest BCUT2D eigenvalue weighted by atomic mass is 10.3. The number of amides is 1. The van der Waals surface area contributed by atoms with E-state index in [1.807, 2.05) is 0 Å². The average molecular weight is 405 g/mol. The van der Waals surface area contributed by atoms with Gasteiger partial charge in [0, 0.05) is 11.9 Å². The van der Waals surface area contributed by atoms with Gasteiger partial charge in [0.1, 0.15) is 21.5 Å². The molecule has 0 atom stereocenters. The highest BCUT2D eigenvalue weighted by Crippen LogP contribution is 2.18. The van der Waals surface area contributed by atoms with Gasteiger partial charge in [-0.1, -0.05) is 42.7 Å². The molecule has 0 aliphatic carbocycles. The molecule has 136 valence electrons. The van der Waals surface area contributed by atoms with E-state index in [1.165, 1.54) is 31.5 Å². The lowest BCUT2D eigenvalue weighted by Crippen LogP contribution is -2.14. The molecule has 10 heteroatoms. The summed E-state index contributed by atoms with van der Waals surface area (Å²) in [5.41, 5.74) is 0.0876. The largest absolute Gasteiger partial charge is 0.477 e. The molecule has 1 amide bonds. The molecule has 25 heavy (non-hydrogen) atoms. The molecule has 7 nitrogen and oxygen atoms in total. The Morgan fingerprint density at radius 3 is 2.52 bits per heavy atom. The highest BCUT2D eigenvalue weighted by atomic mass is 35.5. The maximum absolute atomic E-state index is 11.9. The number of thiazole rings is 1. The molecular formula is C15H18Cl2N4O3S. The van der Waals surface area contributed by atoms with Gasteiger partial charge in [0.05, 0.1) is 6.20 Å². The summed E-state index contributed by atoms with van der Waals surface area (Å²) in [7, 11) is 0. The van der Waals surface area contributed by atoms with E-state index in [0.717, 1.165) is 17.2 Å². The number of carboxylic acid groups (broad SMARTS) is 1. The summed E-state index contributed by atoms with van der Waals surface area (Å²) in [4.78, 5) is 34.1. The summed E-state index contributed by atoms with van der Waals surface area (Å²) in [6.07, 6.45) is 4.90. The van der Waals surface area contributed by atoms with Crippen molar-refractivity contribution in [2.75, 3.05) is 11.2 Å². The first kappa shape index (κ1) is 21.3. The van der Waals surface area contributed by atoms with E-state index in [-0.39, 0.29) is 20.9 Å². The number of aryl methyl sites for hydroxylation is 1. The molecule has 0 unspecified atom stereocenters. The summed E-state index contributed by atoms with van der Waals surface area (Å²) in [5, 5.41) is 11.5. The minimum Gasteiger partial charge on any atom is -0.477 e. The Balaban J connectivity index is 0.000000450. The van der Waals surface area contributed by atoms with E-state index in [1.54, 1.807) is 6.92 Å². The fraction of sp³-hybridized carbons (Fsp3) is 0.400. The van der Waals surface area contributed by atoms with Crippen LogP contribution in [0.1, 0.15) is 52.2 Å². The summed E-state index contributed by atoms with van der Waals surface area (Å²) >= 11 is 12.0. The van der Waals surface area contributed by atoms with Crippen molar-refractivity contribution < 1.29 is 14.7 Å². The molecule has 0 saturated heterocycles. The number of carbonyl (C=O) groups excluding carboxylic acids is 1. The number of hydrogen-bond acceptors (Lipinski definition) is 6. The normalized spacial score (nSPS) is 9.92. The van der Waals surface area contributed by atoms with Crippen molar-refractivity contribution in [3.05, 3.63) is 33.8 Å². The third kappa shape index (κ3) is 7.76. The van der Waals surface area contributed by atoms with Crippen LogP contribution in [-0.2, 0) is 0 Å². The first-order chi connectivity index (χ1) is 11.9. The Morgan fingerprint density at radius 2 is 2.04 bits per heavy atom. The molecule has 0 aliphatic heterocycles. The van der Waals surface area contributed by atoms with Gasteiger partial charge >= 0.3 is 5.97 Å². The van der Waals surface area contributed by atoms with Crippen LogP contribution in [0.5, 0.6) is 0 Å². The molecule has 0 aliphatic rings. The predicted molar refractivity (Wildman–Crippen MR) is 99.1 cm³/mol. The van der Waals surface area contributed by atoms with Gasteiger partial charge in [0.25, 0.3) is 5.91 Å². The van der Waals surface area contributed by atoms with Gasteiger partial charge in [-0.05, 0) is 13.3 Å². The highest BCUT2D eigenvalue weighted by Gasteiger charge is 2.14. The Bertz CT molecular complexity index is 700. The van der Waals surface area contributed by atoms with Gasteiger partial charge in [-0.3, -0.25) is 10.1 Å². The topological polar surface area (TPSA) is 105 Å². The fourth-order valence-corrected chi connectivity index (χ4v) is 2.65. The van der Waals surface area contributed by atoms with Gasteiger partial charge in [0.2, 0.25) is 0 Å². The van der Waals surface area contributed by atoms with Crippen molar-refractivity contribution >= 4 is 51.5 Å². The van der Waals surface area contributed by atoms with Crippen LogP contribution in [0.15, 0.2) is 12.3 Å². The van der Waals surface area contributed by atoms with Gasteiger partial charge in [-0.15, -0.1) is 11.6 Å². The van der Waals surface area contributed by atoms with E-state index in [9.17, 15) is 9.59 Å². The van der Waals surface area contributed by atoms with Gasteiger partial charge in [-0.2, -0.15) is 0 Å². The number of nitrogens with zero attached hydrogens (tertiary/aromatic N) is 3. The number of aromatic carboxylic acids is 1. The second-order valence-electron chi connectivity index (χ2n) is 4.81. The number of carboxylic acids is 1. The molecule has 2 N–H and O–H groups in total. The Hall–Kier alpha value is -1.77. The smallest absolute Gasteiger partial charge is 0.347 e. The van der Waals surface area contributed by atoms with E-state index in [0.29, 0.717) is 5.82 Å². The third-order valence-corrected chi connectivity index (χ3v) is 4.08.